The molecule has 3 rings (SSSR count). The van der Waals surface area contributed by atoms with Crippen molar-refractivity contribution < 1.29 is 13.6 Å². The molecule has 122 valence electrons. The predicted molar refractivity (Wildman–Crippen MR) is 86.3 cm³/mol. The van der Waals surface area contributed by atoms with Crippen molar-refractivity contribution in [3.63, 3.8) is 0 Å². The zero-order valence-electron chi connectivity index (χ0n) is 12.1. The van der Waals surface area contributed by atoms with E-state index in [2.05, 4.69) is 14.9 Å². The van der Waals surface area contributed by atoms with Gasteiger partial charge in [0, 0.05) is 44.0 Å². The summed E-state index contributed by atoms with van der Waals surface area (Å²) in [6, 6.07) is 3.14. The maximum Gasteiger partial charge on any atom is 0.290 e. The molecular weight excluding hydrogens is 342 g/mol. The number of thiazole rings is 1. The lowest BCUT2D eigenvalue weighted by atomic mass is 10.2. The summed E-state index contributed by atoms with van der Waals surface area (Å²) >= 11 is 1.86. The monoisotopic (exact) mass is 356 g/mol. The number of piperazine rings is 1. The van der Waals surface area contributed by atoms with Crippen LogP contribution in [0.1, 0.15) is 10.4 Å². The van der Waals surface area contributed by atoms with Crippen LogP contribution in [0.5, 0.6) is 0 Å². The quantitative estimate of drug-likeness (QED) is 0.789. The number of pyridine rings is 1. The number of hydrogen-bond acceptors (Lipinski definition) is 6. The van der Waals surface area contributed by atoms with E-state index in [0.29, 0.717) is 37.9 Å². The summed E-state index contributed by atoms with van der Waals surface area (Å²) in [5, 5.41) is 2.93. The average molecular weight is 356 g/mol. The number of carbonyl (C=O) groups is 1. The Morgan fingerprint density at radius 2 is 2.00 bits per heavy atom. The maximum atomic E-state index is 12.6. The molecule has 1 amide bonds. The van der Waals surface area contributed by atoms with Gasteiger partial charge in [-0.1, -0.05) is 0 Å². The van der Waals surface area contributed by atoms with Gasteiger partial charge in [-0.3, -0.25) is 4.79 Å². The number of carbonyl (C=O) groups excluding carboxylic acids is 1. The second kappa shape index (κ2) is 7.22. The first-order valence-corrected chi connectivity index (χ1v) is 8.74. The number of halogens is 2. The minimum absolute atomic E-state index is 0.0786. The minimum atomic E-state index is -2.60. The second-order valence-corrected chi connectivity index (χ2v) is 6.68. The summed E-state index contributed by atoms with van der Waals surface area (Å²) in [5.74, 6) is -2.85. The second-order valence-electron chi connectivity index (χ2n) is 4.83. The van der Waals surface area contributed by atoms with Crippen LogP contribution in [0, 0.1) is 0 Å². The van der Waals surface area contributed by atoms with E-state index < -0.39 is 5.76 Å². The number of amides is 1. The number of rotatable bonds is 4. The molecule has 0 radical (unpaired) electrons. The molecule has 1 fully saturated rings. The van der Waals surface area contributed by atoms with Gasteiger partial charge in [-0.15, -0.1) is 11.3 Å². The molecule has 23 heavy (non-hydrogen) atoms. The zero-order chi connectivity index (χ0) is 16.2. The molecule has 0 spiro atoms. The van der Waals surface area contributed by atoms with Gasteiger partial charge in [0.1, 0.15) is 5.03 Å². The fraction of sp³-hybridized carbons (Fsp3) is 0.357. The number of aromatic nitrogens is 2. The van der Waals surface area contributed by atoms with Gasteiger partial charge in [-0.25, -0.2) is 9.97 Å². The first kappa shape index (κ1) is 16.1. The summed E-state index contributed by atoms with van der Waals surface area (Å²) in [5.41, 5.74) is 0.237. The van der Waals surface area contributed by atoms with Gasteiger partial charge in [-0.2, -0.15) is 8.78 Å². The van der Waals surface area contributed by atoms with Crippen molar-refractivity contribution in [2.45, 2.75) is 10.8 Å². The largest absolute Gasteiger partial charge is 0.345 e. The standard InChI is InChI=1S/C14H14F2N4OS2/c15-13(16)23-11-10(2-1-3-17-11)12(21)19-5-7-20(8-6-19)14-18-4-9-22-14/h1-4,9,13H,5-8H2. The van der Waals surface area contributed by atoms with Gasteiger partial charge in [0.2, 0.25) is 0 Å². The van der Waals surface area contributed by atoms with E-state index in [-0.39, 0.29) is 16.5 Å². The lowest BCUT2D eigenvalue weighted by Gasteiger charge is -2.34. The fourth-order valence-electron chi connectivity index (χ4n) is 2.38. The van der Waals surface area contributed by atoms with Crippen LogP contribution >= 0.6 is 23.1 Å². The number of thioether (sulfide) groups is 1. The molecule has 5 nitrogen and oxygen atoms in total. The summed E-state index contributed by atoms with van der Waals surface area (Å²) in [4.78, 5) is 24.6. The van der Waals surface area contributed by atoms with Gasteiger partial charge < -0.3 is 9.80 Å². The third-order valence-electron chi connectivity index (χ3n) is 3.46. The molecule has 2 aromatic rings. The third kappa shape index (κ3) is 3.78. The molecular formula is C14H14F2N4OS2. The van der Waals surface area contributed by atoms with Gasteiger partial charge in [0.05, 0.1) is 5.56 Å². The van der Waals surface area contributed by atoms with E-state index in [1.54, 1.807) is 34.6 Å². The smallest absolute Gasteiger partial charge is 0.290 e. The topological polar surface area (TPSA) is 49.3 Å². The van der Waals surface area contributed by atoms with E-state index in [4.69, 9.17) is 0 Å². The molecule has 1 aliphatic rings. The Morgan fingerprint density at radius 3 is 2.65 bits per heavy atom. The van der Waals surface area contributed by atoms with Crippen molar-refractivity contribution in [1.82, 2.24) is 14.9 Å². The Morgan fingerprint density at radius 1 is 1.22 bits per heavy atom. The highest BCUT2D eigenvalue weighted by Crippen LogP contribution is 2.27. The molecule has 1 saturated heterocycles. The van der Waals surface area contributed by atoms with Gasteiger partial charge in [-0.05, 0) is 23.9 Å². The van der Waals surface area contributed by atoms with Gasteiger partial charge in [0.25, 0.3) is 11.7 Å². The minimum Gasteiger partial charge on any atom is -0.345 e. The molecule has 1 aliphatic heterocycles. The maximum absolute atomic E-state index is 12.6. The molecule has 0 N–H and O–H groups in total. The summed E-state index contributed by atoms with van der Waals surface area (Å²) in [6.07, 6.45) is 3.17. The predicted octanol–water partition coefficient (Wildman–Crippen LogP) is 2.82. The molecule has 0 unspecified atom stereocenters. The molecule has 0 aromatic carbocycles. The van der Waals surface area contributed by atoms with Crippen LogP contribution in [-0.2, 0) is 0 Å². The summed E-state index contributed by atoms with van der Waals surface area (Å²) in [7, 11) is 0. The van der Waals surface area contributed by atoms with Crippen molar-refractivity contribution in [2.75, 3.05) is 31.1 Å². The molecule has 2 aromatic heterocycles. The van der Waals surface area contributed by atoms with E-state index in [9.17, 15) is 13.6 Å². The molecule has 9 heteroatoms. The van der Waals surface area contributed by atoms with Crippen molar-refractivity contribution in [3.8, 4) is 0 Å². The van der Waals surface area contributed by atoms with Crippen LogP contribution in [0.4, 0.5) is 13.9 Å². The summed E-state index contributed by atoms with van der Waals surface area (Å²) < 4.78 is 25.2. The number of hydrogen-bond donors (Lipinski definition) is 0. The number of anilines is 1. The molecule has 0 bridgehead atoms. The highest BCUT2D eigenvalue weighted by molar-refractivity contribution is 7.99. The van der Waals surface area contributed by atoms with Crippen LogP contribution in [0.15, 0.2) is 34.9 Å². The average Bonchev–Trinajstić information content (AvgIpc) is 3.09. The SMILES string of the molecule is O=C(c1cccnc1SC(F)F)N1CCN(c2nccs2)CC1. The Balaban J connectivity index is 1.68. The highest BCUT2D eigenvalue weighted by Gasteiger charge is 2.26. The normalized spacial score (nSPS) is 15.3. The van der Waals surface area contributed by atoms with Crippen LogP contribution in [0.3, 0.4) is 0 Å². The van der Waals surface area contributed by atoms with Crippen LogP contribution in [-0.4, -0.2) is 52.7 Å². The molecule has 0 atom stereocenters. The van der Waals surface area contributed by atoms with Gasteiger partial charge >= 0.3 is 0 Å². The Labute approximate surface area is 140 Å². The van der Waals surface area contributed by atoms with E-state index >= 15 is 0 Å². The Kier molecular flexibility index (Phi) is 5.06. The number of alkyl halides is 2. The van der Waals surface area contributed by atoms with Gasteiger partial charge in [0.15, 0.2) is 5.13 Å². The van der Waals surface area contributed by atoms with E-state index in [1.807, 2.05) is 5.38 Å². The van der Waals surface area contributed by atoms with Crippen LogP contribution in [0.25, 0.3) is 0 Å². The molecule has 0 saturated carbocycles. The van der Waals surface area contributed by atoms with Crippen molar-refractivity contribution in [3.05, 3.63) is 35.5 Å². The molecule has 3 heterocycles. The lowest BCUT2D eigenvalue weighted by Crippen LogP contribution is -2.48. The zero-order valence-corrected chi connectivity index (χ0v) is 13.7. The fourth-order valence-corrected chi connectivity index (χ4v) is 3.64. The Bertz CT molecular complexity index is 661. The highest BCUT2D eigenvalue weighted by atomic mass is 32.2. The van der Waals surface area contributed by atoms with Crippen LogP contribution < -0.4 is 4.90 Å². The first-order chi connectivity index (χ1) is 11.1. The third-order valence-corrected chi connectivity index (χ3v) is 5.02. The van der Waals surface area contributed by atoms with E-state index in [0.717, 1.165) is 5.13 Å². The van der Waals surface area contributed by atoms with Crippen molar-refractivity contribution in [1.29, 1.82) is 0 Å². The van der Waals surface area contributed by atoms with Crippen molar-refractivity contribution in [2.24, 2.45) is 0 Å². The van der Waals surface area contributed by atoms with Crippen LogP contribution in [0.2, 0.25) is 0 Å². The summed E-state index contributed by atoms with van der Waals surface area (Å²) in [6.45, 7) is 2.42. The Hall–Kier alpha value is -1.74. The lowest BCUT2D eigenvalue weighted by molar-refractivity contribution is 0.0742. The van der Waals surface area contributed by atoms with E-state index in [1.165, 1.54) is 6.20 Å². The molecule has 0 aliphatic carbocycles. The number of nitrogens with zero attached hydrogens (tertiary/aromatic N) is 4. The van der Waals surface area contributed by atoms with Crippen molar-refractivity contribution >= 4 is 34.1 Å². The first-order valence-electron chi connectivity index (χ1n) is 6.98.